The molecule has 2 heterocycles. The van der Waals surface area contributed by atoms with E-state index < -0.39 is 12.1 Å². The predicted octanol–water partition coefficient (Wildman–Crippen LogP) is 3.57. The molecule has 0 bridgehead atoms. The maximum Gasteiger partial charge on any atom is 0.319 e. The number of anilines is 1. The number of carbonyl (C=O) groups is 1. The number of furan rings is 1. The summed E-state index contributed by atoms with van der Waals surface area (Å²) in [5.74, 6) is 1.13. The molecule has 2 amide bonds. The Labute approximate surface area is 145 Å². The largest absolute Gasteiger partial charge is 0.467 e. The summed E-state index contributed by atoms with van der Waals surface area (Å²) < 4.78 is 10.9. The van der Waals surface area contributed by atoms with E-state index in [-0.39, 0.29) is 12.0 Å². The van der Waals surface area contributed by atoms with E-state index in [1.165, 1.54) is 6.26 Å². The Morgan fingerprint density at radius 1 is 1.32 bits per heavy atom. The number of oxazole rings is 1. The van der Waals surface area contributed by atoms with Crippen LogP contribution in [0.25, 0.3) is 11.1 Å². The topological polar surface area (TPSA) is 101 Å². The molecule has 7 nitrogen and oxygen atoms in total. The molecule has 3 N–H and O–H groups in total. The van der Waals surface area contributed by atoms with Gasteiger partial charge in [-0.15, -0.1) is 0 Å². The number of fused-ring (bicyclic) bond motifs is 1. The molecule has 0 saturated carbocycles. The van der Waals surface area contributed by atoms with E-state index in [9.17, 15) is 9.90 Å². The van der Waals surface area contributed by atoms with E-state index in [2.05, 4.69) is 15.6 Å². The molecule has 132 valence electrons. The number of urea groups is 1. The van der Waals surface area contributed by atoms with Crippen LogP contribution in [-0.2, 0) is 5.41 Å². The molecule has 0 fully saturated rings. The number of carbonyl (C=O) groups excluding carboxylic acids is 1. The highest BCUT2D eigenvalue weighted by molar-refractivity contribution is 5.91. The van der Waals surface area contributed by atoms with Gasteiger partial charge in [0.1, 0.15) is 17.3 Å². The van der Waals surface area contributed by atoms with Crippen LogP contribution < -0.4 is 10.6 Å². The fourth-order valence-corrected chi connectivity index (χ4v) is 2.35. The van der Waals surface area contributed by atoms with Gasteiger partial charge < -0.3 is 24.6 Å². The van der Waals surface area contributed by atoms with Crippen LogP contribution in [-0.4, -0.2) is 22.7 Å². The van der Waals surface area contributed by atoms with E-state index >= 15 is 0 Å². The number of hydrogen-bond donors (Lipinski definition) is 3. The summed E-state index contributed by atoms with van der Waals surface area (Å²) in [6, 6.07) is 7.57. The lowest BCUT2D eigenvalue weighted by Gasteiger charge is -2.14. The third kappa shape index (κ3) is 3.83. The molecule has 1 atom stereocenters. The van der Waals surface area contributed by atoms with Gasteiger partial charge in [-0.2, -0.15) is 0 Å². The van der Waals surface area contributed by atoms with Gasteiger partial charge in [-0.1, -0.05) is 20.8 Å². The van der Waals surface area contributed by atoms with Gasteiger partial charge in [0.25, 0.3) is 0 Å². The number of aromatic nitrogens is 1. The normalized spacial score (nSPS) is 13.0. The standard InChI is InChI=1S/C18H21N3O4/c1-18(2,3)16-20-12-9-11(6-7-15(12)25-16)19-17(23)21-13(10-22)14-5-4-8-24-14/h4-9,13,22H,10H2,1-3H3,(H2,19,21,23). The summed E-state index contributed by atoms with van der Waals surface area (Å²) in [6.45, 7) is 5.80. The van der Waals surface area contributed by atoms with Crippen molar-refractivity contribution >= 4 is 22.8 Å². The minimum absolute atomic E-state index is 0.193. The zero-order valence-corrected chi connectivity index (χ0v) is 14.4. The second kappa shape index (κ2) is 6.60. The maximum absolute atomic E-state index is 12.2. The van der Waals surface area contributed by atoms with Crippen molar-refractivity contribution in [2.45, 2.75) is 32.2 Å². The minimum Gasteiger partial charge on any atom is -0.467 e. The molecule has 2 aromatic heterocycles. The van der Waals surface area contributed by atoms with Gasteiger partial charge in [0, 0.05) is 11.1 Å². The SMILES string of the molecule is CC(C)(C)c1nc2cc(NC(=O)NC(CO)c3ccco3)ccc2o1. The van der Waals surface area contributed by atoms with Gasteiger partial charge >= 0.3 is 6.03 Å². The lowest BCUT2D eigenvalue weighted by atomic mass is 9.97. The first-order valence-corrected chi connectivity index (χ1v) is 7.99. The Morgan fingerprint density at radius 2 is 2.12 bits per heavy atom. The van der Waals surface area contributed by atoms with E-state index in [0.717, 1.165) is 0 Å². The Balaban J connectivity index is 1.72. The molecule has 7 heteroatoms. The van der Waals surface area contributed by atoms with Gasteiger partial charge in [-0.05, 0) is 30.3 Å². The van der Waals surface area contributed by atoms with Crippen molar-refractivity contribution in [3.05, 3.63) is 48.2 Å². The van der Waals surface area contributed by atoms with E-state index in [4.69, 9.17) is 8.83 Å². The molecular weight excluding hydrogens is 322 g/mol. The highest BCUT2D eigenvalue weighted by atomic mass is 16.3. The van der Waals surface area contributed by atoms with Crippen LogP contribution >= 0.6 is 0 Å². The third-order valence-corrected chi connectivity index (χ3v) is 3.66. The second-order valence-corrected chi connectivity index (χ2v) is 6.80. The number of rotatable bonds is 4. The van der Waals surface area contributed by atoms with Gasteiger partial charge in [0.05, 0.1) is 12.9 Å². The summed E-state index contributed by atoms with van der Waals surface area (Å²) in [6.07, 6.45) is 1.49. The smallest absolute Gasteiger partial charge is 0.319 e. The molecule has 25 heavy (non-hydrogen) atoms. The number of nitrogens with one attached hydrogen (secondary N) is 2. The quantitative estimate of drug-likeness (QED) is 0.672. The lowest BCUT2D eigenvalue weighted by molar-refractivity contribution is 0.215. The molecule has 1 aromatic carbocycles. The minimum atomic E-state index is -0.613. The van der Waals surface area contributed by atoms with Gasteiger partial charge in [-0.3, -0.25) is 0 Å². The van der Waals surface area contributed by atoms with Crippen molar-refractivity contribution in [2.75, 3.05) is 11.9 Å². The fourth-order valence-electron chi connectivity index (χ4n) is 2.35. The molecular formula is C18H21N3O4. The van der Waals surface area contributed by atoms with Gasteiger partial charge in [0.15, 0.2) is 5.58 Å². The summed E-state index contributed by atoms with van der Waals surface area (Å²) in [7, 11) is 0. The first kappa shape index (κ1) is 17.0. The highest BCUT2D eigenvalue weighted by Crippen LogP contribution is 2.27. The van der Waals surface area contributed by atoms with Crippen LogP contribution in [0.2, 0.25) is 0 Å². The molecule has 3 rings (SSSR count). The number of hydrogen-bond acceptors (Lipinski definition) is 5. The average molecular weight is 343 g/mol. The molecule has 0 aliphatic rings. The van der Waals surface area contributed by atoms with Crippen LogP contribution in [0.3, 0.4) is 0 Å². The van der Waals surface area contributed by atoms with Crippen molar-refractivity contribution in [1.29, 1.82) is 0 Å². The van der Waals surface area contributed by atoms with Crippen LogP contribution in [0.1, 0.15) is 38.5 Å². The zero-order valence-electron chi connectivity index (χ0n) is 14.4. The Hall–Kier alpha value is -2.80. The van der Waals surface area contributed by atoms with Gasteiger partial charge in [-0.25, -0.2) is 9.78 Å². The van der Waals surface area contributed by atoms with Crippen LogP contribution in [0, 0.1) is 0 Å². The van der Waals surface area contributed by atoms with E-state index in [1.54, 1.807) is 30.3 Å². The first-order valence-electron chi connectivity index (χ1n) is 7.99. The van der Waals surface area contributed by atoms with E-state index in [1.807, 2.05) is 20.8 Å². The lowest BCUT2D eigenvalue weighted by Crippen LogP contribution is -2.34. The summed E-state index contributed by atoms with van der Waals surface area (Å²) >= 11 is 0. The predicted molar refractivity (Wildman–Crippen MR) is 93.4 cm³/mol. The zero-order chi connectivity index (χ0) is 18.0. The number of aliphatic hydroxyl groups is 1. The summed E-state index contributed by atoms with van der Waals surface area (Å²) in [5.41, 5.74) is 1.73. The molecule has 3 aromatic rings. The van der Waals surface area contributed by atoms with Crippen LogP contribution in [0.5, 0.6) is 0 Å². The molecule has 1 unspecified atom stereocenters. The number of amides is 2. The first-order chi connectivity index (χ1) is 11.9. The van der Waals surface area contributed by atoms with Crippen molar-refractivity contribution in [1.82, 2.24) is 10.3 Å². The Morgan fingerprint density at radius 3 is 2.76 bits per heavy atom. The van der Waals surface area contributed by atoms with Gasteiger partial charge in [0.2, 0.25) is 5.89 Å². The molecule has 0 saturated heterocycles. The fraction of sp³-hybridized carbons (Fsp3) is 0.333. The monoisotopic (exact) mass is 343 g/mol. The molecule has 0 radical (unpaired) electrons. The van der Waals surface area contributed by atoms with Crippen LogP contribution in [0.4, 0.5) is 10.5 Å². The second-order valence-electron chi connectivity index (χ2n) is 6.80. The Kier molecular flexibility index (Phi) is 4.50. The van der Waals surface area contributed by atoms with Crippen molar-refractivity contribution in [3.8, 4) is 0 Å². The molecule has 0 aliphatic heterocycles. The third-order valence-electron chi connectivity index (χ3n) is 3.66. The Bertz CT molecular complexity index is 862. The average Bonchev–Trinajstić information content (AvgIpc) is 3.21. The molecule has 0 aliphatic carbocycles. The summed E-state index contributed by atoms with van der Waals surface area (Å²) in [5, 5.41) is 14.8. The highest BCUT2D eigenvalue weighted by Gasteiger charge is 2.21. The van der Waals surface area contributed by atoms with E-state index in [0.29, 0.717) is 28.4 Å². The number of aliphatic hydroxyl groups excluding tert-OH is 1. The number of benzene rings is 1. The van der Waals surface area contributed by atoms with Crippen molar-refractivity contribution in [2.24, 2.45) is 0 Å². The van der Waals surface area contributed by atoms with Crippen LogP contribution in [0.15, 0.2) is 45.4 Å². The van der Waals surface area contributed by atoms with Crippen molar-refractivity contribution < 1.29 is 18.7 Å². The van der Waals surface area contributed by atoms with Crippen molar-refractivity contribution in [3.63, 3.8) is 0 Å². The summed E-state index contributed by atoms with van der Waals surface area (Å²) in [4.78, 5) is 16.6. The number of nitrogens with zero attached hydrogens (tertiary/aromatic N) is 1. The molecule has 0 spiro atoms. The maximum atomic E-state index is 12.2.